The number of hydrogen-bond donors (Lipinski definition) is 3. The number of carboxylic acid groups (broad SMARTS) is 1. The Bertz CT molecular complexity index is 530. The Balaban J connectivity index is 0.00000156. The number of halogens is 2. The Hall–Kier alpha value is -0.810. The Labute approximate surface area is 163 Å². The highest BCUT2D eigenvalue weighted by atomic mass is 35.5. The maximum absolute atomic E-state index is 11.9. The van der Waals surface area contributed by atoms with Gasteiger partial charge in [0, 0.05) is 0 Å². The van der Waals surface area contributed by atoms with E-state index < -0.39 is 12.0 Å². The van der Waals surface area contributed by atoms with Crippen molar-refractivity contribution in [3.05, 3.63) is 35.4 Å². The standard InChI is InChI=1S/C19H28N2O2.2ClH/c22-19(23)18(21-13-14-9-11-20-12-10-14)17-8-4-3-7-16(17)15-5-1-2-6-15;;/h3-4,7-8,14-15,18,20-21H,1-2,5-6,9-13H2,(H,22,23);2*1H/t18-;;/m0../s1. The van der Waals surface area contributed by atoms with Gasteiger partial charge in [0.1, 0.15) is 6.04 Å². The number of nitrogens with one attached hydrogen (secondary N) is 2. The second-order valence-corrected chi connectivity index (χ2v) is 6.98. The van der Waals surface area contributed by atoms with E-state index in [1.54, 1.807) is 0 Å². The average molecular weight is 389 g/mol. The number of piperidine rings is 1. The van der Waals surface area contributed by atoms with E-state index in [4.69, 9.17) is 0 Å². The summed E-state index contributed by atoms with van der Waals surface area (Å²) >= 11 is 0. The lowest BCUT2D eigenvalue weighted by atomic mass is 9.89. The molecule has 3 rings (SSSR count). The monoisotopic (exact) mass is 388 g/mol. The largest absolute Gasteiger partial charge is 0.480 e. The third-order valence-corrected chi connectivity index (χ3v) is 5.42. The van der Waals surface area contributed by atoms with Gasteiger partial charge in [-0.2, -0.15) is 0 Å². The summed E-state index contributed by atoms with van der Waals surface area (Å²) in [7, 11) is 0. The van der Waals surface area contributed by atoms with Gasteiger partial charge in [-0.3, -0.25) is 4.79 Å². The highest BCUT2D eigenvalue weighted by Gasteiger charge is 2.27. The van der Waals surface area contributed by atoms with Crippen LogP contribution in [0.5, 0.6) is 0 Å². The van der Waals surface area contributed by atoms with Crippen LogP contribution in [0, 0.1) is 5.92 Å². The predicted molar refractivity (Wildman–Crippen MR) is 106 cm³/mol. The summed E-state index contributed by atoms with van der Waals surface area (Å²) in [5.74, 6) is 0.356. The molecule has 6 heteroatoms. The molecule has 0 radical (unpaired) electrons. The van der Waals surface area contributed by atoms with Gasteiger partial charge in [-0.15, -0.1) is 24.8 Å². The first kappa shape index (κ1) is 22.2. The van der Waals surface area contributed by atoms with Crippen LogP contribution >= 0.6 is 24.8 Å². The van der Waals surface area contributed by atoms with Crippen molar-refractivity contribution in [2.75, 3.05) is 19.6 Å². The summed E-state index contributed by atoms with van der Waals surface area (Å²) in [4.78, 5) is 11.9. The Morgan fingerprint density at radius 3 is 2.40 bits per heavy atom. The highest BCUT2D eigenvalue weighted by molar-refractivity contribution is 5.85. The van der Waals surface area contributed by atoms with Gasteiger partial charge in [-0.1, -0.05) is 37.1 Å². The SMILES string of the molecule is Cl.Cl.O=C(O)[C@@H](NCC1CCNCC1)c1ccccc1C1CCCC1. The summed E-state index contributed by atoms with van der Waals surface area (Å²) in [5.41, 5.74) is 2.22. The Morgan fingerprint density at radius 2 is 1.76 bits per heavy atom. The molecule has 1 aromatic carbocycles. The fourth-order valence-corrected chi connectivity index (χ4v) is 4.08. The number of aliphatic carboxylic acids is 1. The summed E-state index contributed by atoms with van der Waals surface area (Å²) in [6, 6.07) is 7.57. The lowest BCUT2D eigenvalue weighted by Gasteiger charge is -2.26. The van der Waals surface area contributed by atoms with Gasteiger partial charge < -0.3 is 15.7 Å². The molecule has 0 aromatic heterocycles. The zero-order valence-corrected chi connectivity index (χ0v) is 16.2. The van der Waals surface area contributed by atoms with Crippen molar-refractivity contribution in [1.29, 1.82) is 0 Å². The molecule has 1 saturated heterocycles. The molecule has 2 fully saturated rings. The smallest absolute Gasteiger partial charge is 0.325 e. The quantitative estimate of drug-likeness (QED) is 0.691. The van der Waals surface area contributed by atoms with Crippen LogP contribution in [0.25, 0.3) is 0 Å². The maximum Gasteiger partial charge on any atom is 0.325 e. The fraction of sp³-hybridized carbons (Fsp3) is 0.632. The summed E-state index contributed by atoms with van der Waals surface area (Å²) in [5, 5.41) is 16.4. The van der Waals surface area contributed by atoms with E-state index in [1.807, 2.05) is 18.2 Å². The van der Waals surface area contributed by atoms with Gasteiger partial charge in [-0.25, -0.2) is 0 Å². The molecule has 1 heterocycles. The van der Waals surface area contributed by atoms with Gasteiger partial charge in [-0.05, 0) is 68.3 Å². The normalized spacial score (nSPS) is 19.7. The van der Waals surface area contributed by atoms with Gasteiger partial charge in [0.15, 0.2) is 0 Å². The van der Waals surface area contributed by atoms with Crippen molar-refractivity contribution in [2.24, 2.45) is 5.92 Å². The lowest BCUT2D eigenvalue weighted by molar-refractivity contribution is -0.139. The molecule has 3 N–H and O–H groups in total. The molecule has 0 amide bonds. The Kier molecular flexibility index (Phi) is 9.80. The van der Waals surface area contributed by atoms with Gasteiger partial charge in [0.2, 0.25) is 0 Å². The molecule has 1 saturated carbocycles. The van der Waals surface area contributed by atoms with Crippen LogP contribution in [0.2, 0.25) is 0 Å². The summed E-state index contributed by atoms with van der Waals surface area (Å²) in [6.45, 7) is 2.88. The number of rotatable bonds is 6. The predicted octanol–water partition coefficient (Wildman–Crippen LogP) is 3.90. The van der Waals surface area contributed by atoms with E-state index >= 15 is 0 Å². The third kappa shape index (κ3) is 5.85. The lowest BCUT2D eigenvalue weighted by Crippen LogP contribution is -2.37. The second kappa shape index (κ2) is 11.0. The van der Waals surface area contributed by atoms with E-state index in [0.29, 0.717) is 11.8 Å². The van der Waals surface area contributed by atoms with E-state index in [1.165, 1.54) is 31.2 Å². The topological polar surface area (TPSA) is 61.4 Å². The molecule has 1 aliphatic heterocycles. The molecule has 0 bridgehead atoms. The average Bonchev–Trinajstić information content (AvgIpc) is 3.10. The zero-order chi connectivity index (χ0) is 16.1. The van der Waals surface area contributed by atoms with E-state index in [0.717, 1.165) is 38.0 Å². The molecule has 4 nitrogen and oxygen atoms in total. The molecular formula is C19H30Cl2N2O2. The van der Waals surface area contributed by atoms with E-state index in [2.05, 4.69) is 16.7 Å². The molecule has 0 spiro atoms. The van der Waals surface area contributed by atoms with Crippen molar-refractivity contribution in [3.8, 4) is 0 Å². The number of carboxylic acids is 1. The second-order valence-electron chi connectivity index (χ2n) is 6.98. The molecular weight excluding hydrogens is 359 g/mol. The fourth-order valence-electron chi connectivity index (χ4n) is 4.08. The summed E-state index contributed by atoms with van der Waals surface area (Å²) in [6.07, 6.45) is 7.17. The van der Waals surface area contributed by atoms with Crippen LogP contribution in [-0.4, -0.2) is 30.7 Å². The molecule has 0 unspecified atom stereocenters. The van der Waals surface area contributed by atoms with Crippen LogP contribution in [0.15, 0.2) is 24.3 Å². The van der Waals surface area contributed by atoms with Crippen LogP contribution in [0.3, 0.4) is 0 Å². The molecule has 1 aliphatic carbocycles. The highest BCUT2D eigenvalue weighted by Crippen LogP contribution is 2.37. The van der Waals surface area contributed by atoms with Crippen LogP contribution in [0.1, 0.15) is 61.6 Å². The van der Waals surface area contributed by atoms with Gasteiger partial charge in [0.05, 0.1) is 0 Å². The van der Waals surface area contributed by atoms with Crippen molar-refractivity contribution in [2.45, 2.75) is 50.5 Å². The van der Waals surface area contributed by atoms with E-state index in [9.17, 15) is 9.90 Å². The minimum Gasteiger partial charge on any atom is -0.480 e. The molecule has 1 atom stereocenters. The number of hydrogen-bond acceptors (Lipinski definition) is 3. The van der Waals surface area contributed by atoms with Crippen molar-refractivity contribution < 1.29 is 9.90 Å². The van der Waals surface area contributed by atoms with Crippen molar-refractivity contribution in [1.82, 2.24) is 10.6 Å². The number of carbonyl (C=O) groups is 1. The van der Waals surface area contributed by atoms with Gasteiger partial charge in [0.25, 0.3) is 0 Å². The molecule has 25 heavy (non-hydrogen) atoms. The first-order valence-corrected chi connectivity index (χ1v) is 9.01. The minimum atomic E-state index is -0.760. The third-order valence-electron chi connectivity index (χ3n) is 5.42. The molecule has 2 aliphatic rings. The number of benzene rings is 1. The molecule has 142 valence electrons. The Morgan fingerprint density at radius 1 is 1.12 bits per heavy atom. The minimum absolute atomic E-state index is 0. The van der Waals surface area contributed by atoms with E-state index in [-0.39, 0.29) is 24.8 Å². The van der Waals surface area contributed by atoms with Crippen LogP contribution < -0.4 is 10.6 Å². The van der Waals surface area contributed by atoms with Crippen LogP contribution in [-0.2, 0) is 4.79 Å². The molecule has 1 aromatic rings. The summed E-state index contributed by atoms with van der Waals surface area (Å²) < 4.78 is 0. The van der Waals surface area contributed by atoms with Gasteiger partial charge >= 0.3 is 5.97 Å². The zero-order valence-electron chi connectivity index (χ0n) is 14.6. The first-order valence-electron chi connectivity index (χ1n) is 9.01. The maximum atomic E-state index is 11.9. The van der Waals surface area contributed by atoms with Crippen LogP contribution in [0.4, 0.5) is 0 Å². The first-order chi connectivity index (χ1) is 11.3. The van der Waals surface area contributed by atoms with Crippen molar-refractivity contribution >= 4 is 30.8 Å². The van der Waals surface area contributed by atoms with Crippen molar-refractivity contribution in [3.63, 3.8) is 0 Å².